The summed E-state index contributed by atoms with van der Waals surface area (Å²) in [7, 11) is 0. The molecule has 12 heavy (non-hydrogen) atoms. The molecule has 0 atom stereocenters. The maximum Gasteiger partial charge on any atom is -0.0398 e. The third-order valence-corrected chi connectivity index (χ3v) is 1.67. The summed E-state index contributed by atoms with van der Waals surface area (Å²) < 4.78 is 0. The molecule has 68 valence electrons. The summed E-state index contributed by atoms with van der Waals surface area (Å²) in [6.07, 6.45) is 2.64. The van der Waals surface area contributed by atoms with Crippen molar-refractivity contribution < 1.29 is 0 Å². The average molecular weight is 164 g/mol. The van der Waals surface area contributed by atoms with Gasteiger partial charge >= 0.3 is 0 Å². The van der Waals surface area contributed by atoms with E-state index in [1.54, 1.807) is 0 Å². The monoisotopic (exact) mass is 164 g/mol. The first-order valence-corrected chi connectivity index (χ1v) is 4.74. The van der Waals surface area contributed by atoms with Crippen molar-refractivity contribution in [1.29, 1.82) is 0 Å². The van der Waals surface area contributed by atoms with Crippen LogP contribution in [0.25, 0.3) is 0 Å². The van der Waals surface area contributed by atoms with E-state index in [0.717, 1.165) is 0 Å². The minimum atomic E-state index is 1.32. The van der Waals surface area contributed by atoms with Crippen molar-refractivity contribution in [2.24, 2.45) is 0 Å². The lowest BCUT2D eigenvalue weighted by molar-refractivity contribution is 0.886. The Hall–Kier alpha value is -0.780. The van der Waals surface area contributed by atoms with Gasteiger partial charge in [0.1, 0.15) is 0 Å². The van der Waals surface area contributed by atoms with Crippen LogP contribution < -0.4 is 0 Å². The lowest BCUT2D eigenvalue weighted by atomic mass is 10.2. The molecule has 0 bridgehead atoms. The molecule has 0 unspecified atom stereocenters. The zero-order valence-corrected chi connectivity index (χ0v) is 8.72. The molecular weight excluding hydrogens is 144 g/mol. The Balaban J connectivity index is 0.000000261. The molecule has 0 N–H and O–H groups in total. The molecular formula is C12H20. The topological polar surface area (TPSA) is 0 Å². The highest BCUT2D eigenvalue weighted by molar-refractivity contribution is 5.20. The fourth-order valence-electron chi connectivity index (χ4n) is 0.807. The summed E-state index contributed by atoms with van der Waals surface area (Å²) >= 11 is 0. The van der Waals surface area contributed by atoms with Crippen LogP contribution in [-0.4, -0.2) is 0 Å². The molecule has 0 aliphatic rings. The SMILES string of the molecule is CCCC.Cc1cccc(C)c1. The molecule has 0 nitrogen and oxygen atoms in total. The number of aryl methyl sites for hydroxylation is 2. The second-order valence-corrected chi connectivity index (χ2v) is 3.16. The number of hydrogen-bond donors (Lipinski definition) is 0. The van der Waals surface area contributed by atoms with E-state index in [1.165, 1.54) is 24.0 Å². The third-order valence-electron chi connectivity index (χ3n) is 1.67. The first-order chi connectivity index (χ1) is 5.70. The lowest BCUT2D eigenvalue weighted by Gasteiger charge is -1.90. The van der Waals surface area contributed by atoms with Crippen LogP contribution in [0.15, 0.2) is 24.3 Å². The van der Waals surface area contributed by atoms with E-state index in [-0.39, 0.29) is 0 Å². The smallest absolute Gasteiger partial charge is 0.0398 e. The van der Waals surface area contributed by atoms with Gasteiger partial charge in [-0.25, -0.2) is 0 Å². The summed E-state index contributed by atoms with van der Waals surface area (Å²) in [4.78, 5) is 0. The highest BCUT2D eigenvalue weighted by Gasteiger charge is 1.80. The van der Waals surface area contributed by atoms with Gasteiger partial charge in [-0.1, -0.05) is 62.1 Å². The van der Waals surface area contributed by atoms with Gasteiger partial charge < -0.3 is 0 Å². The predicted molar refractivity (Wildman–Crippen MR) is 56.5 cm³/mol. The van der Waals surface area contributed by atoms with Crippen LogP contribution in [-0.2, 0) is 0 Å². The van der Waals surface area contributed by atoms with Crippen LogP contribution >= 0.6 is 0 Å². The van der Waals surface area contributed by atoms with Crippen molar-refractivity contribution in [3.8, 4) is 0 Å². The molecule has 0 saturated carbocycles. The molecule has 0 aliphatic carbocycles. The Bertz CT molecular complexity index is 182. The van der Waals surface area contributed by atoms with Gasteiger partial charge in [0.25, 0.3) is 0 Å². The van der Waals surface area contributed by atoms with E-state index in [9.17, 15) is 0 Å². The molecule has 0 amide bonds. The average Bonchev–Trinajstić information content (AvgIpc) is 2.04. The largest absolute Gasteiger partial charge is 0.0654 e. The van der Waals surface area contributed by atoms with E-state index in [2.05, 4.69) is 52.0 Å². The second kappa shape index (κ2) is 6.90. The molecule has 0 saturated heterocycles. The molecule has 0 fully saturated rings. The summed E-state index contributed by atoms with van der Waals surface area (Å²) in [5.41, 5.74) is 2.68. The normalized spacial score (nSPS) is 8.67. The molecule has 1 aromatic rings. The van der Waals surface area contributed by atoms with Crippen LogP contribution in [0.4, 0.5) is 0 Å². The van der Waals surface area contributed by atoms with E-state index < -0.39 is 0 Å². The van der Waals surface area contributed by atoms with Gasteiger partial charge in [-0.3, -0.25) is 0 Å². The molecule has 0 aliphatic heterocycles. The summed E-state index contributed by atoms with van der Waals surface area (Å²) in [5, 5.41) is 0. The van der Waals surface area contributed by atoms with Gasteiger partial charge in [0, 0.05) is 0 Å². The van der Waals surface area contributed by atoms with E-state index in [0.29, 0.717) is 0 Å². The van der Waals surface area contributed by atoms with Crippen molar-refractivity contribution in [3.63, 3.8) is 0 Å². The zero-order valence-electron chi connectivity index (χ0n) is 8.72. The molecule has 0 heteroatoms. The number of unbranched alkanes of at least 4 members (excludes halogenated alkanes) is 1. The molecule has 0 radical (unpaired) electrons. The fourth-order valence-corrected chi connectivity index (χ4v) is 0.807. The lowest BCUT2D eigenvalue weighted by Crippen LogP contribution is -1.71. The van der Waals surface area contributed by atoms with Crippen molar-refractivity contribution in [2.45, 2.75) is 40.5 Å². The minimum absolute atomic E-state index is 1.32. The third kappa shape index (κ3) is 5.96. The fraction of sp³-hybridized carbons (Fsp3) is 0.500. The minimum Gasteiger partial charge on any atom is -0.0654 e. The number of hydrogen-bond acceptors (Lipinski definition) is 0. The van der Waals surface area contributed by atoms with Crippen molar-refractivity contribution >= 4 is 0 Å². The Morgan fingerprint density at radius 3 is 1.50 bits per heavy atom. The van der Waals surface area contributed by atoms with Crippen LogP contribution in [0, 0.1) is 13.8 Å². The molecule has 1 aromatic carbocycles. The molecule has 1 rings (SSSR count). The van der Waals surface area contributed by atoms with Gasteiger partial charge in [-0.15, -0.1) is 0 Å². The molecule has 0 spiro atoms. The van der Waals surface area contributed by atoms with Crippen LogP contribution in [0.1, 0.15) is 37.8 Å². The maximum absolute atomic E-state index is 2.18. The first-order valence-electron chi connectivity index (χ1n) is 4.74. The summed E-state index contributed by atoms with van der Waals surface area (Å²) in [5.74, 6) is 0. The Morgan fingerprint density at radius 1 is 0.917 bits per heavy atom. The number of benzene rings is 1. The Morgan fingerprint density at radius 2 is 1.33 bits per heavy atom. The highest BCUT2D eigenvalue weighted by atomic mass is 13.9. The second-order valence-electron chi connectivity index (χ2n) is 3.16. The van der Waals surface area contributed by atoms with E-state index in [1.807, 2.05) is 0 Å². The van der Waals surface area contributed by atoms with Crippen LogP contribution in [0.5, 0.6) is 0 Å². The van der Waals surface area contributed by atoms with Gasteiger partial charge in [0.15, 0.2) is 0 Å². The maximum atomic E-state index is 2.18. The highest BCUT2D eigenvalue weighted by Crippen LogP contribution is 2.00. The van der Waals surface area contributed by atoms with Crippen LogP contribution in [0.2, 0.25) is 0 Å². The standard InChI is InChI=1S/C8H10.C4H10/c1-7-4-3-5-8(2)6-7;1-3-4-2/h3-6H,1-2H3;3-4H2,1-2H3. The quantitative estimate of drug-likeness (QED) is 0.586. The van der Waals surface area contributed by atoms with Gasteiger partial charge in [0.05, 0.1) is 0 Å². The zero-order chi connectivity index (χ0) is 9.40. The first kappa shape index (κ1) is 11.2. The predicted octanol–water partition coefficient (Wildman–Crippen LogP) is 4.11. The van der Waals surface area contributed by atoms with Gasteiger partial charge in [-0.2, -0.15) is 0 Å². The van der Waals surface area contributed by atoms with E-state index in [4.69, 9.17) is 0 Å². The van der Waals surface area contributed by atoms with Gasteiger partial charge in [0.2, 0.25) is 0 Å². The Kier molecular flexibility index (Phi) is 6.45. The number of rotatable bonds is 1. The molecule has 0 aromatic heterocycles. The summed E-state index contributed by atoms with van der Waals surface area (Å²) in [6.45, 7) is 8.57. The summed E-state index contributed by atoms with van der Waals surface area (Å²) in [6, 6.07) is 8.45. The van der Waals surface area contributed by atoms with Crippen molar-refractivity contribution in [3.05, 3.63) is 35.4 Å². The van der Waals surface area contributed by atoms with Crippen molar-refractivity contribution in [1.82, 2.24) is 0 Å². The van der Waals surface area contributed by atoms with Crippen molar-refractivity contribution in [2.75, 3.05) is 0 Å². The van der Waals surface area contributed by atoms with Gasteiger partial charge in [-0.05, 0) is 13.8 Å². The van der Waals surface area contributed by atoms with Crippen LogP contribution in [0.3, 0.4) is 0 Å². The molecule has 0 heterocycles. The Labute approximate surface area is 76.6 Å². The van der Waals surface area contributed by atoms with E-state index >= 15 is 0 Å².